The Hall–Kier alpha value is -0.570. The second-order valence-corrected chi connectivity index (χ2v) is 5.10. The lowest BCUT2D eigenvalue weighted by atomic mass is 10.1. The first-order valence-corrected chi connectivity index (χ1v) is 8.73. The van der Waals surface area contributed by atoms with Gasteiger partial charge in [0.2, 0.25) is 5.91 Å². The van der Waals surface area contributed by atoms with E-state index in [2.05, 4.69) is 31.0 Å². The molecule has 1 heterocycles. The zero-order chi connectivity index (χ0) is 15.6. The molecule has 0 aromatic rings. The molecule has 0 aromatic carbocycles. The Morgan fingerprint density at radius 1 is 1.00 bits per heavy atom. The number of piperazine rings is 1. The lowest BCUT2D eigenvalue weighted by molar-refractivity contribution is -0.124. The van der Waals surface area contributed by atoms with Crippen LogP contribution in [0.25, 0.3) is 0 Å². The lowest BCUT2D eigenvalue weighted by Gasteiger charge is -2.26. The molecule has 20 heavy (non-hydrogen) atoms. The zero-order valence-corrected chi connectivity index (χ0v) is 14.6. The highest BCUT2D eigenvalue weighted by molar-refractivity contribution is 5.78. The number of nitrogens with zero attached hydrogens (tertiary/aromatic N) is 1. The Morgan fingerprint density at radius 3 is 2.10 bits per heavy atom. The van der Waals surface area contributed by atoms with Crippen molar-refractivity contribution in [1.82, 2.24) is 10.2 Å². The van der Waals surface area contributed by atoms with Crippen LogP contribution in [0.4, 0.5) is 0 Å². The van der Waals surface area contributed by atoms with Crippen LogP contribution in [0.15, 0.2) is 0 Å². The normalized spacial score (nSPS) is 14.6. The standard InChI is InChI=1S/C12H24N2O.C3H8.C2H6/c1-2-3-4-5-6-7-9-14-10-8-13-12(15)11-14;1-3-2;1-2/h2-11H2,1H3,(H,13,15);3H2,1-2H3;1-2H3. The van der Waals surface area contributed by atoms with Gasteiger partial charge in [0.1, 0.15) is 0 Å². The lowest BCUT2D eigenvalue weighted by Crippen LogP contribution is -2.47. The van der Waals surface area contributed by atoms with Gasteiger partial charge in [0.05, 0.1) is 6.54 Å². The number of amides is 1. The number of carbonyl (C=O) groups is 1. The molecular weight excluding hydrogens is 248 g/mol. The molecule has 1 aliphatic heterocycles. The molecule has 0 aliphatic carbocycles. The molecule has 0 aromatic heterocycles. The largest absolute Gasteiger partial charge is 0.354 e. The number of rotatable bonds is 7. The Morgan fingerprint density at radius 2 is 1.55 bits per heavy atom. The van der Waals surface area contributed by atoms with Crippen molar-refractivity contribution in [2.75, 3.05) is 26.2 Å². The van der Waals surface area contributed by atoms with E-state index in [1.165, 1.54) is 44.9 Å². The van der Waals surface area contributed by atoms with Gasteiger partial charge in [-0.3, -0.25) is 9.69 Å². The van der Waals surface area contributed by atoms with Crippen LogP contribution >= 0.6 is 0 Å². The maximum Gasteiger partial charge on any atom is 0.234 e. The van der Waals surface area contributed by atoms with Crippen LogP contribution in [0.5, 0.6) is 0 Å². The van der Waals surface area contributed by atoms with E-state index < -0.39 is 0 Å². The van der Waals surface area contributed by atoms with Crippen molar-refractivity contribution < 1.29 is 4.79 Å². The molecule has 1 aliphatic rings. The van der Waals surface area contributed by atoms with E-state index in [4.69, 9.17) is 0 Å². The van der Waals surface area contributed by atoms with Gasteiger partial charge >= 0.3 is 0 Å². The smallest absolute Gasteiger partial charge is 0.234 e. The molecule has 0 atom stereocenters. The van der Waals surface area contributed by atoms with E-state index in [0.29, 0.717) is 6.54 Å². The fraction of sp³-hybridized carbons (Fsp3) is 0.941. The summed E-state index contributed by atoms with van der Waals surface area (Å²) in [6, 6.07) is 0. The van der Waals surface area contributed by atoms with Crippen LogP contribution in [0.2, 0.25) is 0 Å². The van der Waals surface area contributed by atoms with E-state index in [0.717, 1.165) is 19.6 Å². The van der Waals surface area contributed by atoms with Crippen molar-refractivity contribution in [3.63, 3.8) is 0 Å². The minimum Gasteiger partial charge on any atom is -0.354 e. The molecule has 1 fully saturated rings. The van der Waals surface area contributed by atoms with Crippen molar-refractivity contribution in [3.05, 3.63) is 0 Å². The SMILES string of the molecule is CC.CCC.CCCCCCCCN1CCNC(=O)C1. The summed E-state index contributed by atoms with van der Waals surface area (Å²) in [4.78, 5) is 13.4. The molecule has 0 saturated carbocycles. The van der Waals surface area contributed by atoms with Crippen molar-refractivity contribution in [2.24, 2.45) is 0 Å². The van der Waals surface area contributed by atoms with Gasteiger partial charge in [-0.1, -0.05) is 73.1 Å². The highest BCUT2D eigenvalue weighted by atomic mass is 16.2. The second kappa shape index (κ2) is 18.4. The fourth-order valence-electron chi connectivity index (χ4n) is 2.00. The summed E-state index contributed by atoms with van der Waals surface area (Å²) in [7, 11) is 0. The first-order chi connectivity index (χ1) is 9.74. The van der Waals surface area contributed by atoms with E-state index in [-0.39, 0.29) is 5.91 Å². The number of unbranched alkanes of at least 4 members (excludes halogenated alkanes) is 5. The molecule has 1 saturated heterocycles. The van der Waals surface area contributed by atoms with Gasteiger partial charge in [-0.05, 0) is 13.0 Å². The average Bonchev–Trinajstić information content (AvgIpc) is 2.46. The summed E-state index contributed by atoms with van der Waals surface area (Å²) in [5.74, 6) is 0.187. The van der Waals surface area contributed by atoms with Crippen LogP contribution < -0.4 is 5.32 Å². The number of hydrogen-bond acceptors (Lipinski definition) is 2. The second-order valence-electron chi connectivity index (χ2n) is 5.10. The molecule has 0 radical (unpaired) electrons. The van der Waals surface area contributed by atoms with Gasteiger partial charge in [-0.2, -0.15) is 0 Å². The molecule has 1 rings (SSSR count). The number of nitrogens with one attached hydrogen (secondary N) is 1. The van der Waals surface area contributed by atoms with Crippen LogP contribution in [0.3, 0.4) is 0 Å². The third kappa shape index (κ3) is 15.5. The molecule has 1 N–H and O–H groups in total. The van der Waals surface area contributed by atoms with Gasteiger partial charge in [0, 0.05) is 13.1 Å². The minimum atomic E-state index is 0.187. The predicted molar refractivity (Wildman–Crippen MR) is 90.1 cm³/mol. The molecule has 122 valence electrons. The highest BCUT2D eigenvalue weighted by Gasteiger charge is 2.14. The number of carbonyl (C=O) groups excluding carboxylic acids is 1. The van der Waals surface area contributed by atoms with Crippen LogP contribution in [0, 0.1) is 0 Å². The molecule has 1 amide bonds. The molecule has 0 spiro atoms. The summed E-state index contributed by atoms with van der Waals surface area (Å²) >= 11 is 0. The van der Waals surface area contributed by atoms with Crippen molar-refractivity contribution in [3.8, 4) is 0 Å². The first kappa shape index (κ1) is 21.7. The monoisotopic (exact) mass is 286 g/mol. The quantitative estimate of drug-likeness (QED) is 0.711. The van der Waals surface area contributed by atoms with E-state index in [9.17, 15) is 4.79 Å². The predicted octanol–water partition coefficient (Wildman–Crippen LogP) is 4.22. The average molecular weight is 287 g/mol. The highest BCUT2D eigenvalue weighted by Crippen LogP contribution is 2.06. The van der Waals surface area contributed by atoms with Gasteiger partial charge in [0.15, 0.2) is 0 Å². The van der Waals surface area contributed by atoms with Crippen molar-refractivity contribution in [1.29, 1.82) is 0 Å². The first-order valence-electron chi connectivity index (χ1n) is 8.73. The molecule has 0 unspecified atom stereocenters. The summed E-state index contributed by atoms with van der Waals surface area (Å²) < 4.78 is 0. The van der Waals surface area contributed by atoms with Crippen LogP contribution in [0.1, 0.15) is 79.6 Å². The van der Waals surface area contributed by atoms with Gasteiger partial charge in [0.25, 0.3) is 0 Å². The Labute approximate surface area is 127 Å². The molecular formula is C17H38N2O. The van der Waals surface area contributed by atoms with Gasteiger partial charge < -0.3 is 5.32 Å². The van der Waals surface area contributed by atoms with Crippen LogP contribution in [-0.2, 0) is 4.79 Å². The van der Waals surface area contributed by atoms with E-state index in [1.54, 1.807) is 0 Å². The Balaban J connectivity index is 0. The van der Waals surface area contributed by atoms with Gasteiger partial charge in [-0.15, -0.1) is 0 Å². The summed E-state index contributed by atoms with van der Waals surface area (Å²) in [5.41, 5.74) is 0. The maximum absolute atomic E-state index is 11.1. The van der Waals surface area contributed by atoms with Crippen molar-refractivity contribution in [2.45, 2.75) is 79.6 Å². The molecule has 3 nitrogen and oxygen atoms in total. The third-order valence-corrected chi connectivity index (χ3v) is 2.95. The minimum absolute atomic E-state index is 0.187. The third-order valence-electron chi connectivity index (χ3n) is 2.95. The van der Waals surface area contributed by atoms with Gasteiger partial charge in [-0.25, -0.2) is 0 Å². The maximum atomic E-state index is 11.1. The zero-order valence-electron chi connectivity index (χ0n) is 14.6. The van der Waals surface area contributed by atoms with E-state index in [1.807, 2.05) is 13.8 Å². The fourth-order valence-corrected chi connectivity index (χ4v) is 2.00. The molecule has 3 heteroatoms. The number of hydrogen-bond donors (Lipinski definition) is 1. The summed E-state index contributed by atoms with van der Waals surface area (Å²) in [6.07, 6.45) is 9.22. The van der Waals surface area contributed by atoms with E-state index >= 15 is 0 Å². The van der Waals surface area contributed by atoms with Crippen molar-refractivity contribution >= 4 is 5.91 Å². The Bertz CT molecular complexity index is 195. The molecule has 0 bridgehead atoms. The summed E-state index contributed by atoms with van der Waals surface area (Å²) in [5, 5.41) is 2.85. The topological polar surface area (TPSA) is 32.3 Å². The Kier molecular flexibility index (Phi) is 20.0. The summed E-state index contributed by atoms with van der Waals surface area (Å²) in [6.45, 7) is 14.1. The van der Waals surface area contributed by atoms with Crippen LogP contribution in [-0.4, -0.2) is 37.0 Å².